The summed E-state index contributed by atoms with van der Waals surface area (Å²) in [6, 6.07) is 15.3. The molecule has 1 aromatic heterocycles. The second kappa shape index (κ2) is 9.76. The maximum atomic E-state index is 12.7. The molecule has 0 spiro atoms. The van der Waals surface area contributed by atoms with Crippen LogP contribution in [0.15, 0.2) is 52.9 Å². The van der Waals surface area contributed by atoms with Crippen molar-refractivity contribution in [2.75, 3.05) is 17.4 Å². The fourth-order valence-electron chi connectivity index (χ4n) is 3.26. The molecule has 0 saturated carbocycles. The lowest BCUT2D eigenvalue weighted by atomic mass is 10.1. The summed E-state index contributed by atoms with van der Waals surface area (Å²) in [5, 5.41) is 11.7. The van der Waals surface area contributed by atoms with Gasteiger partial charge >= 0.3 is 6.43 Å². The third-order valence-electron chi connectivity index (χ3n) is 4.81. The molecule has 0 bridgehead atoms. The van der Waals surface area contributed by atoms with Crippen molar-refractivity contribution in [2.24, 2.45) is 0 Å². The zero-order chi connectivity index (χ0) is 20.9. The minimum Gasteiger partial charge on any atom is -0.415 e. The molecule has 2 aromatic carbocycles. The van der Waals surface area contributed by atoms with Gasteiger partial charge in [0.25, 0.3) is 5.89 Å². The smallest absolute Gasteiger partial charge is 0.314 e. The second-order valence-corrected chi connectivity index (χ2v) is 8.77. The topological polar surface area (TPSA) is 54.2 Å². The fraction of sp³-hybridized carbons (Fsp3) is 0.333. The molecular formula is C21H21ClF2N4OS. The summed E-state index contributed by atoms with van der Waals surface area (Å²) < 4.78 is 32.6. The molecule has 158 valence electrons. The number of rotatable bonds is 7. The summed E-state index contributed by atoms with van der Waals surface area (Å²) in [6.07, 6.45) is -0.544. The normalized spacial score (nSPS) is 14.9. The summed E-state index contributed by atoms with van der Waals surface area (Å²) in [5.41, 5.74) is 2.74. The molecule has 9 heteroatoms. The van der Waals surface area contributed by atoms with Gasteiger partial charge in [-0.3, -0.25) is 0 Å². The molecular weight excluding hydrogens is 430 g/mol. The lowest BCUT2D eigenvalue weighted by Gasteiger charge is -2.30. The number of anilines is 1. The van der Waals surface area contributed by atoms with Crippen molar-refractivity contribution in [3.8, 4) is 11.5 Å². The molecule has 1 aliphatic heterocycles. The maximum Gasteiger partial charge on any atom is 0.314 e. The highest BCUT2D eigenvalue weighted by Gasteiger charge is 2.20. The van der Waals surface area contributed by atoms with Gasteiger partial charge in [0.1, 0.15) is 0 Å². The first-order valence-electron chi connectivity index (χ1n) is 9.70. The van der Waals surface area contributed by atoms with Crippen molar-refractivity contribution in [2.45, 2.75) is 31.1 Å². The molecule has 5 nitrogen and oxygen atoms in total. The molecule has 0 aliphatic carbocycles. The van der Waals surface area contributed by atoms with Gasteiger partial charge in [-0.15, -0.1) is 10.2 Å². The Morgan fingerprint density at radius 1 is 1.13 bits per heavy atom. The Morgan fingerprint density at radius 2 is 1.90 bits per heavy atom. The van der Waals surface area contributed by atoms with E-state index in [1.165, 1.54) is 0 Å². The van der Waals surface area contributed by atoms with E-state index in [4.69, 9.17) is 16.0 Å². The molecule has 0 radical (unpaired) electrons. The third kappa shape index (κ3) is 5.30. The van der Waals surface area contributed by atoms with Gasteiger partial charge in [-0.05, 0) is 73.8 Å². The van der Waals surface area contributed by atoms with Gasteiger partial charge in [-0.25, -0.2) is 0 Å². The number of piperidine rings is 1. The minimum absolute atomic E-state index is 0.0904. The highest BCUT2D eigenvalue weighted by Crippen LogP contribution is 2.33. The number of hydrogen-bond acceptors (Lipinski definition) is 6. The fourth-order valence-corrected chi connectivity index (χ4v) is 4.71. The monoisotopic (exact) mass is 450 g/mol. The van der Waals surface area contributed by atoms with E-state index in [0.717, 1.165) is 37.2 Å². The van der Waals surface area contributed by atoms with Crippen molar-refractivity contribution in [3.05, 3.63) is 65.0 Å². The predicted molar refractivity (Wildman–Crippen MR) is 116 cm³/mol. The first-order chi connectivity index (χ1) is 14.6. The largest absolute Gasteiger partial charge is 0.415 e. The van der Waals surface area contributed by atoms with Crippen LogP contribution < -0.4 is 9.62 Å². The zero-order valence-corrected chi connectivity index (χ0v) is 17.7. The second-order valence-electron chi connectivity index (χ2n) is 7.01. The molecule has 30 heavy (non-hydrogen) atoms. The maximum absolute atomic E-state index is 12.7. The number of halogens is 3. The van der Waals surface area contributed by atoms with Crippen molar-refractivity contribution >= 4 is 29.2 Å². The summed E-state index contributed by atoms with van der Waals surface area (Å²) >= 11 is 8.06. The van der Waals surface area contributed by atoms with Crippen molar-refractivity contribution in [1.29, 1.82) is 0 Å². The number of benzene rings is 2. The van der Waals surface area contributed by atoms with Crippen LogP contribution in [0.5, 0.6) is 0 Å². The van der Waals surface area contributed by atoms with Crippen LogP contribution in [0.1, 0.15) is 30.7 Å². The number of nitrogens with zero attached hydrogens (tertiary/aromatic N) is 3. The first kappa shape index (κ1) is 21.1. The molecule has 2 heterocycles. The summed E-state index contributed by atoms with van der Waals surface area (Å²) in [7, 11) is 0. The molecule has 1 aliphatic rings. The average Bonchev–Trinajstić information content (AvgIpc) is 3.25. The summed E-state index contributed by atoms with van der Waals surface area (Å²) in [4.78, 5) is 0. The van der Waals surface area contributed by atoms with Crippen LogP contribution in [0.25, 0.3) is 11.5 Å². The van der Waals surface area contributed by atoms with E-state index in [1.807, 2.05) is 54.4 Å². The molecule has 0 amide bonds. The molecule has 0 atom stereocenters. The van der Waals surface area contributed by atoms with Crippen LogP contribution in [-0.2, 0) is 6.54 Å². The zero-order valence-electron chi connectivity index (χ0n) is 16.1. The highest BCUT2D eigenvalue weighted by molar-refractivity contribution is 8.01. The van der Waals surface area contributed by atoms with Gasteiger partial charge in [0, 0.05) is 21.5 Å². The van der Waals surface area contributed by atoms with E-state index in [0.29, 0.717) is 22.4 Å². The summed E-state index contributed by atoms with van der Waals surface area (Å²) in [5.74, 6) is -0.577. The van der Waals surface area contributed by atoms with Gasteiger partial charge in [0.05, 0.1) is 6.54 Å². The van der Waals surface area contributed by atoms with Crippen LogP contribution in [0.2, 0.25) is 5.02 Å². The van der Waals surface area contributed by atoms with Gasteiger partial charge in [0.2, 0.25) is 5.89 Å². The van der Waals surface area contributed by atoms with E-state index in [2.05, 4.69) is 25.9 Å². The van der Waals surface area contributed by atoms with Gasteiger partial charge in [-0.1, -0.05) is 29.8 Å². The van der Waals surface area contributed by atoms with Crippen LogP contribution in [-0.4, -0.2) is 28.5 Å². The van der Waals surface area contributed by atoms with E-state index in [-0.39, 0.29) is 5.89 Å². The summed E-state index contributed by atoms with van der Waals surface area (Å²) in [6.45, 7) is 2.74. The molecule has 0 unspecified atom stereocenters. The van der Waals surface area contributed by atoms with E-state index >= 15 is 0 Å². The lowest BCUT2D eigenvalue weighted by Crippen LogP contribution is -2.31. The van der Waals surface area contributed by atoms with Gasteiger partial charge < -0.3 is 14.0 Å². The Kier molecular flexibility index (Phi) is 6.86. The van der Waals surface area contributed by atoms with E-state index in [9.17, 15) is 8.78 Å². The van der Waals surface area contributed by atoms with E-state index < -0.39 is 12.3 Å². The standard InChI is InChI=1S/C21H21ClF2N4OS/c22-16-2-1-3-17(12-16)28(30-18-8-10-25-11-9-18)13-14-4-6-15(7-5-14)20-26-27-21(29-20)19(23)24/h1-7,12,18-19,25H,8-11,13H2. The van der Waals surface area contributed by atoms with Gasteiger partial charge in [-0.2, -0.15) is 8.78 Å². The van der Waals surface area contributed by atoms with E-state index in [1.54, 1.807) is 0 Å². The average molecular weight is 451 g/mol. The minimum atomic E-state index is -2.77. The molecule has 1 fully saturated rings. The third-order valence-corrected chi connectivity index (χ3v) is 6.41. The Hall–Kier alpha value is -2.16. The van der Waals surface area contributed by atoms with Crippen molar-refractivity contribution in [3.63, 3.8) is 0 Å². The predicted octanol–water partition coefficient (Wildman–Crippen LogP) is 5.73. The first-order valence-corrected chi connectivity index (χ1v) is 10.9. The number of alkyl halides is 2. The number of hydrogen-bond donors (Lipinski definition) is 1. The van der Waals surface area contributed by atoms with Crippen molar-refractivity contribution < 1.29 is 13.2 Å². The Balaban J connectivity index is 1.51. The lowest BCUT2D eigenvalue weighted by molar-refractivity contribution is 0.116. The van der Waals surface area contributed by atoms with Gasteiger partial charge in [0.15, 0.2) is 0 Å². The number of aromatic nitrogens is 2. The van der Waals surface area contributed by atoms with Crippen LogP contribution in [0, 0.1) is 0 Å². The molecule has 4 rings (SSSR count). The SMILES string of the molecule is FC(F)c1nnc(-c2ccc(CN(SC3CCNCC3)c3cccc(Cl)c3)cc2)o1. The van der Waals surface area contributed by atoms with Crippen LogP contribution in [0.3, 0.4) is 0 Å². The molecule has 1 N–H and O–H groups in total. The Labute approximate surface area is 182 Å². The molecule has 1 saturated heterocycles. The Bertz CT molecular complexity index is 964. The van der Waals surface area contributed by atoms with Crippen molar-refractivity contribution in [1.82, 2.24) is 15.5 Å². The van der Waals surface area contributed by atoms with Crippen LogP contribution >= 0.6 is 23.5 Å². The number of nitrogens with one attached hydrogen (secondary N) is 1. The quantitative estimate of drug-likeness (QED) is 0.463. The molecule has 3 aromatic rings. The Morgan fingerprint density at radius 3 is 2.57 bits per heavy atom. The van der Waals surface area contributed by atoms with Crippen LogP contribution in [0.4, 0.5) is 14.5 Å². The highest BCUT2D eigenvalue weighted by atomic mass is 35.5.